The minimum absolute atomic E-state index is 0.526. The molecular formula is C30H62O. The van der Waals surface area contributed by atoms with E-state index in [-0.39, 0.29) is 0 Å². The summed E-state index contributed by atoms with van der Waals surface area (Å²) in [5, 5.41) is 0. The Morgan fingerprint density at radius 2 is 0.548 bits per heavy atom. The molecule has 0 radical (unpaired) electrons. The Balaban J connectivity index is 4.34. The van der Waals surface area contributed by atoms with Gasteiger partial charge in [0.25, 0.3) is 0 Å². The monoisotopic (exact) mass is 438 g/mol. The summed E-state index contributed by atoms with van der Waals surface area (Å²) in [5.41, 5.74) is 0. The lowest BCUT2D eigenvalue weighted by Crippen LogP contribution is -2.23. The number of hydrogen-bond donors (Lipinski definition) is 0. The largest absolute Gasteiger partial charge is 0.375 e. The van der Waals surface area contributed by atoms with E-state index in [1.54, 1.807) is 0 Å². The SMILES string of the molecule is CCCCCCCCCC(CCCCC)OC(CCCCC)CCCCCCCCC. The average molecular weight is 439 g/mol. The van der Waals surface area contributed by atoms with Gasteiger partial charge in [-0.2, -0.15) is 0 Å². The van der Waals surface area contributed by atoms with Gasteiger partial charge in [0.1, 0.15) is 0 Å². The predicted molar refractivity (Wildman–Crippen MR) is 142 cm³/mol. The van der Waals surface area contributed by atoms with E-state index in [4.69, 9.17) is 4.74 Å². The number of rotatable bonds is 26. The normalized spacial score (nSPS) is 13.5. The van der Waals surface area contributed by atoms with Crippen LogP contribution in [0.25, 0.3) is 0 Å². The molecule has 0 fully saturated rings. The summed E-state index contributed by atoms with van der Waals surface area (Å²) < 4.78 is 6.83. The van der Waals surface area contributed by atoms with Gasteiger partial charge >= 0.3 is 0 Å². The summed E-state index contributed by atoms with van der Waals surface area (Å²) in [6.45, 7) is 9.25. The van der Waals surface area contributed by atoms with Gasteiger partial charge in [-0.05, 0) is 25.7 Å². The smallest absolute Gasteiger partial charge is 0.0578 e. The lowest BCUT2D eigenvalue weighted by atomic mass is 10.00. The van der Waals surface area contributed by atoms with Gasteiger partial charge in [-0.3, -0.25) is 0 Å². The summed E-state index contributed by atoms with van der Waals surface area (Å²) in [5.74, 6) is 0. The molecule has 0 aliphatic rings. The van der Waals surface area contributed by atoms with E-state index in [1.807, 2.05) is 0 Å². The Morgan fingerprint density at radius 3 is 0.871 bits per heavy atom. The summed E-state index contributed by atoms with van der Waals surface area (Å²) in [6.07, 6.45) is 34.1. The molecule has 0 aromatic rings. The molecule has 188 valence electrons. The van der Waals surface area contributed by atoms with Crippen molar-refractivity contribution in [3.8, 4) is 0 Å². The molecule has 0 aromatic heterocycles. The van der Waals surface area contributed by atoms with Crippen LogP contribution in [0.1, 0.15) is 182 Å². The topological polar surface area (TPSA) is 9.23 Å². The van der Waals surface area contributed by atoms with Gasteiger partial charge in [0, 0.05) is 0 Å². The maximum absolute atomic E-state index is 6.83. The van der Waals surface area contributed by atoms with Crippen LogP contribution in [-0.2, 0) is 4.74 Å². The van der Waals surface area contributed by atoms with Crippen molar-refractivity contribution in [3.05, 3.63) is 0 Å². The van der Waals surface area contributed by atoms with E-state index in [9.17, 15) is 0 Å². The molecule has 2 atom stereocenters. The van der Waals surface area contributed by atoms with Crippen LogP contribution in [0.4, 0.5) is 0 Å². The molecule has 0 amide bonds. The number of hydrogen-bond acceptors (Lipinski definition) is 1. The molecule has 0 aromatic carbocycles. The molecule has 0 bridgehead atoms. The highest BCUT2D eigenvalue weighted by Crippen LogP contribution is 2.22. The third-order valence-corrected chi connectivity index (χ3v) is 6.90. The third-order valence-electron chi connectivity index (χ3n) is 6.90. The highest BCUT2D eigenvalue weighted by Gasteiger charge is 2.16. The van der Waals surface area contributed by atoms with Crippen LogP contribution in [0.15, 0.2) is 0 Å². The van der Waals surface area contributed by atoms with Gasteiger partial charge in [-0.15, -0.1) is 0 Å². The van der Waals surface area contributed by atoms with Crippen LogP contribution in [0.3, 0.4) is 0 Å². The van der Waals surface area contributed by atoms with E-state index in [2.05, 4.69) is 27.7 Å². The molecule has 0 rings (SSSR count). The van der Waals surface area contributed by atoms with Crippen LogP contribution >= 0.6 is 0 Å². The fourth-order valence-corrected chi connectivity index (χ4v) is 4.74. The van der Waals surface area contributed by atoms with Crippen molar-refractivity contribution in [2.75, 3.05) is 0 Å². The predicted octanol–water partition coefficient (Wildman–Crippen LogP) is 11.2. The summed E-state index contributed by atoms with van der Waals surface area (Å²) in [7, 11) is 0. The van der Waals surface area contributed by atoms with Gasteiger partial charge in [0.15, 0.2) is 0 Å². The minimum Gasteiger partial charge on any atom is -0.375 e. The van der Waals surface area contributed by atoms with Crippen LogP contribution < -0.4 is 0 Å². The third kappa shape index (κ3) is 22.9. The van der Waals surface area contributed by atoms with Gasteiger partial charge in [0.2, 0.25) is 0 Å². The first-order valence-corrected chi connectivity index (χ1v) is 14.9. The van der Waals surface area contributed by atoms with E-state index >= 15 is 0 Å². The molecule has 0 aliphatic heterocycles. The van der Waals surface area contributed by atoms with Gasteiger partial charge in [-0.1, -0.05) is 156 Å². The maximum atomic E-state index is 6.83. The zero-order valence-electron chi connectivity index (χ0n) is 22.5. The van der Waals surface area contributed by atoms with Crippen molar-refractivity contribution in [1.82, 2.24) is 0 Å². The van der Waals surface area contributed by atoms with Crippen LogP contribution in [-0.4, -0.2) is 12.2 Å². The van der Waals surface area contributed by atoms with E-state index in [1.165, 1.54) is 154 Å². The van der Waals surface area contributed by atoms with Gasteiger partial charge < -0.3 is 4.74 Å². The lowest BCUT2D eigenvalue weighted by Gasteiger charge is -2.26. The van der Waals surface area contributed by atoms with Crippen LogP contribution in [0, 0.1) is 0 Å². The Labute approximate surface area is 198 Å². The summed E-state index contributed by atoms with van der Waals surface area (Å²) in [4.78, 5) is 0. The second-order valence-corrected chi connectivity index (χ2v) is 10.2. The molecule has 1 nitrogen and oxygen atoms in total. The van der Waals surface area contributed by atoms with E-state index in [0.29, 0.717) is 12.2 Å². The van der Waals surface area contributed by atoms with E-state index in [0.717, 1.165) is 0 Å². The highest BCUT2D eigenvalue weighted by atomic mass is 16.5. The van der Waals surface area contributed by atoms with Crippen LogP contribution in [0.2, 0.25) is 0 Å². The molecule has 0 spiro atoms. The van der Waals surface area contributed by atoms with Crippen molar-refractivity contribution in [3.63, 3.8) is 0 Å². The Morgan fingerprint density at radius 1 is 0.323 bits per heavy atom. The fraction of sp³-hybridized carbons (Fsp3) is 1.00. The quantitative estimate of drug-likeness (QED) is 0.122. The minimum atomic E-state index is 0.526. The second kappa shape index (κ2) is 26.2. The standard InChI is InChI=1S/C30H62O/c1-5-9-13-15-17-19-23-27-29(25-21-11-7-3)31-30(26-22-12-8-4)28-24-20-18-16-14-10-6-2/h29-30H,5-28H2,1-4H3. The molecule has 0 aliphatic carbocycles. The fourth-order valence-electron chi connectivity index (χ4n) is 4.74. The zero-order valence-corrected chi connectivity index (χ0v) is 22.5. The maximum Gasteiger partial charge on any atom is 0.0578 e. The number of ether oxygens (including phenoxy) is 1. The summed E-state index contributed by atoms with van der Waals surface area (Å²) >= 11 is 0. The number of unbranched alkanes of at least 4 members (excludes halogenated alkanes) is 16. The van der Waals surface area contributed by atoms with Crippen molar-refractivity contribution in [1.29, 1.82) is 0 Å². The first-order valence-electron chi connectivity index (χ1n) is 14.9. The molecule has 0 heterocycles. The zero-order chi connectivity index (χ0) is 22.8. The average Bonchev–Trinajstić information content (AvgIpc) is 2.77. The second-order valence-electron chi connectivity index (χ2n) is 10.2. The van der Waals surface area contributed by atoms with Gasteiger partial charge in [0.05, 0.1) is 12.2 Å². The molecule has 0 saturated carbocycles. The highest BCUT2D eigenvalue weighted by molar-refractivity contribution is 4.67. The lowest BCUT2D eigenvalue weighted by molar-refractivity contribution is -0.0323. The molecule has 31 heavy (non-hydrogen) atoms. The first-order chi connectivity index (χ1) is 15.3. The molecule has 0 N–H and O–H groups in total. The summed E-state index contributed by atoms with van der Waals surface area (Å²) in [6, 6.07) is 0. The van der Waals surface area contributed by atoms with Crippen molar-refractivity contribution in [2.24, 2.45) is 0 Å². The Hall–Kier alpha value is -0.0400. The van der Waals surface area contributed by atoms with Crippen LogP contribution in [0.5, 0.6) is 0 Å². The van der Waals surface area contributed by atoms with Crippen molar-refractivity contribution in [2.45, 2.75) is 194 Å². The van der Waals surface area contributed by atoms with E-state index < -0.39 is 0 Å². The molecule has 1 heteroatoms. The Kier molecular flexibility index (Phi) is 26.2. The van der Waals surface area contributed by atoms with Gasteiger partial charge in [-0.25, -0.2) is 0 Å². The first kappa shape index (κ1) is 31.0. The van der Waals surface area contributed by atoms with Crippen molar-refractivity contribution < 1.29 is 4.74 Å². The Bertz CT molecular complexity index is 284. The molecule has 2 unspecified atom stereocenters. The molecular weight excluding hydrogens is 376 g/mol. The van der Waals surface area contributed by atoms with Crippen molar-refractivity contribution >= 4 is 0 Å². The molecule has 0 saturated heterocycles.